The van der Waals surface area contributed by atoms with Crippen LogP contribution >= 0.6 is 11.8 Å². The van der Waals surface area contributed by atoms with Crippen LogP contribution in [0.25, 0.3) is 0 Å². The van der Waals surface area contributed by atoms with Gasteiger partial charge in [-0.2, -0.15) is 0 Å². The van der Waals surface area contributed by atoms with E-state index in [0.29, 0.717) is 11.3 Å². The molecule has 0 aliphatic rings. The van der Waals surface area contributed by atoms with E-state index in [4.69, 9.17) is 9.47 Å². The van der Waals surface area contributed by atoms with Crippen molar-refractivity contribution >= 4 is 17.5 Å². The third kappa shape index (κ3) is 3.78. The smallest absolute Gasteiger partial charge is 0.200 e. The standard InChI is InChI=1S/C16H16O3S/c1-18-13-5-7-14(8-6-13)19-11-16(17)12-3-9-15(20-2)10-4-12/h3-10H,11H2,1-2H3. The molecule has 2 aromatic rings. The normalized spacial score (nSPS) is 10.1. The highest BCUT2D eigenvalue weighted by molar-refractivity contribution is 7.98. The first-order valence-corrected chi connectivity index (χ1v) is 7.39. The lowest BCUT2D eigenvalue weighted by Gasteiger charge is -2.07. The molecule has 0 saturated carbocycles. The minimum atomic E-state index is -0.0338. The van der Waals surface area contributed by atoms with E-state index in [0.717, 1.165) is 10.6 Å². The maximum atomic E-state index is 12.0. The lowest BCUT2D eigenvalue weighted by molar-refractivity contribution is 0.0921. The summed E-state index contributed by atoms with van der Waals surface area (Å²) in [5, 5.41) is 0. The molecule has 0 amide bonds. The van der Waals surface area contributed by atoms with Gasteiger partial charge in [0.1, 0.15) is 11.5 Å². The molecule has 0 spiro atoms. The number of rotatable bonds is 6. The summed E-state index contributed by atoms with van der Waals surface area (Å²) in [6.45, 7) is 0.0327. The van der Waals surface area contributed by atoms with E-state index < -0.39 is 0 Å². The van der Waals surface area contributed by atoms with Gasteiger partial charge >= 0.3 is 0 Å². The van der Waals surface area contributed by atoms with Crippen LogP contribution in [-0.4, -0.2) is 25.8 Å². The number of benzene rings is 2. The average molecular weight is 288 g/mol. The van der Waals surface area contributed by atoms with Crippen LogP contribution in [0.5, 0.6) is 11.5 Å². The monoisotopic (exact) mass is 288 g/mol. The van der Waals surface area contributed by atoms with Crippen LogP contribution in [0.3, 0.4) is 0 Å². The Labute approximate surface area is 122 Å². The van der Waals surface area contributed by atoms with Crippen molar-refractivity contribution < 1.29 is 14.3 Å². The Morgan fingerprint density at radius 2 is 1.60 bits per heavy atom. The highest BCUT2D eigenvalue weighted by Crippen LogP contribution is 2.18. The van der Waals surface area contributed by atoms with Crippen molar-refractivity contribution in [1.82, 2.24) is 0 Å². The summed E-state index contributed by atoms with van der Waals surface area (Å²) in [7, 11) is 1.61. The van der Waals surface area contributed by atoms with Crippen molar-refractivity contribution in [2.24, 2.45) is 0 Å². The minimum absolute atomic E-state index is 0.0327. The summed E-state index contributed by atoms with van der Waals surface area (Å²) in [5.74, 6) is 1.38. The number of carbonyl (C=O) groups is 1. The summed E-state index contributed by atoms with van der Waals surface area (Å²) in [5.41, 5.74) is 0.663. The highest BCUT2D eigenvalue weighted by Gasteiger charge is 2.07. The second-order valence-corrected chi connectivity index (χ2v) is 5.00. The molecule has 2 rings (SSSR count). The fraction of sp³-hybridized carbons (Fsp3) is 0.188. The lowest BCUT2D eigenvalue weighted by atomic mass is 10.1. The fourth-order valence-electron chi connectivity index (χ4n) is 1.68. The molecule has 0 heterocycles. The average Bonchev–Trinajstić information content (AvgIpc) is 2.53. The maximum absolute atomic E-state index is 12.0. The largest absolute Gasteiger partial charge is 0.497 e. The van der Waals surface area contributed by atoms with Crippen molar-refractivity contribution in [1.29, 1.82) is 0 Å². The number of carbonyl (C=O) groups excluding carboxylic acids is 1. The van der Waals surface area contributed by atoms with Gasteiger partial charge in [-0.05, 0) is 42.7 Å². The first-order chi connectivity index (χ1) is 9.72. The summed E-state index contributed by atoms with van der Waals surface area (Å²) in [6.07, 6.45) is 2.00. The van der Waals surface area contributed by atoms with Crippen molar-refractivity contribution in [2.45, 2.75) is 4.90 Å². The number of hydrogen-bond acceptors (Lipinski definition) is 4. The van der Waals surface area contributed by atoms with Gasteiger partial charge in [-0.3, -0.25) is 4.79 Å². The quantitative estimate of drug-likeness (QED) is 0.600. The van der Waals surface area contributed by atoms with Crippen LogP contribution in [-0.2, 0) is 0 Å². The Hall–Kier alpha value is -1.94. The number of methoxy groups -OCH3 is 1. The molecule has 0 aliphatic heterocycles. The van der Waals surface area contributed by atoms with Crippen molar-refractivity contribution in [3.05, 3.63) is 54.1 Å². The van der Waals surface area contributed by atoms with Gasteiger partial charge in [-0.1, -0.05) is 12.1 Å². The predicted octanol–water partition coefficient (Wildman–Crippen LogP) is 3.68. The van der Waals surface area contributed by atoms with Gasteiger partial charge in [0.05, 0.1) is 7.11 Å². The topological polar surface area (TPSA) is 35.5 Å². The van der Waals surface area contributed by atoms with Crippen LogP contribution in [0.4, 0.5) is 0 Å². The predicted molar refractivity (Wildman–Crippen MR) is 81.0 cm³/mol. The van der Waals surface area contributed by atoms with Crippen molar-refractivity contribution in [3.8, 4) is 11.5 Å². The Bertz CT molecular complexity index is 561. The van der Waals surface area contributed by atoms with Gasteiger partial charge in [-0.25, -0.2) is 0 Å². The fourth-order valence-corrected chi connectivity index (χ4v) is 2.09. The van der Waals surface area contributed by atoms with Crippen molar-refractivity contribution in [2.75, 3.05) is 20.0 Å². The molecule has 3 nitrogen and oxygen atoms in total. The van der Waals surface area contributed by atoms with Crippen molar-refractivity contribution in [3.63, 3.8) is 0 Å². The van der Waals surface area contributed by atoms with Gasteiger partial charge in [0.2, 0.25) is 0 Å². The SMILES string of the molecule is COc1ccc(OCC(=O)c2ccc(SC)cc2)cc1. The van der Waals surface area contributed by atoms with Gasteiger partial charge in [-0.15, -0.1) is 11.8 Å². The Balaban J connectivity index is 1.93. The summed E-state index contributed by atoms with van der Waals surface area (Å²) >= 11 is 1.65. The molecule has 0 aliphatic carbocycles. The molecule has 0 unspecified atom stereocenters. The molecule has 4 heteroatoms. The zero-order valence-corrected chi connectivity index (χ0v) is 12.3. The van der Waals surface area contributed by atoms with Crippen LogP contribution in [0.1, 0.15) is 10.4 Å². The first kappa shape index (κ1) is 14.5. The molecule has 2 aromatic carbocycles. The van der Waals surface area contributed by atoms with Crippen LogP contribution in [0, 0.1) is 0 Å². The Morgan fingerprint density at radius 3 is 2.15 bits per heavy atom. The number of Topliss-reactive ketones (excluding diaryl/α,β-unsaturated/α-hetero) is 1. The van der Waals surface area contributed by atoms with E-state index in [9.17, 15) is 4.79 Å². The second-order valence-electron chi connectivity index (χ2n) is 4.12. The molecule has 0 fully saturated rings. The molecule has 0 N–H and O–H groups in total. The van der Waals surface area contributed by atoms with Gasteiger partial charge in [0.15, 0.2) is 12.4 Å². The van der Waals surface area contributed by atoms with E-state index in [2.05, 4.69) is 0 Å². The number of ether oxygens (including phenoxy) is 2. The Morgan fingerprint density at radius 1 is 1.00 bits per heavy atom. The highest BCUT2D eigenvalue weighted by atomic mass is 32.2. The molecular weight excluding hydrogens is 272 g/mol. The second kappa shape index (κ2) is 7.01. The third-order valence-electron chi connectivity index (χ3n) is 2.84. The molecule has 0 aromatic heterocycles. The summed E-state index contributed by atoms with van der Waals surface area (Å²) < 4.78 is 10.5. The molecule has 20 heavy (non-hydrogen) atoms. The zero-order chi connectivity index (χ0) is 14.4. The van der Waals surface area contributed by atoms with E-state index in [1.165, 1.54) is 0 Å². The lowest BCUT2D eigenvalue weighted by Crippen LogP contribution is -2.11. The van der Waals surface area contributed by atoms with E-state index in [-0.39, 0.29) is 12.4 Å². The summed E-state index contributed by atoms with van der Waals surface area (Å²) in [4.78, 5) is 13.1. The molecule has 0 saturated heterocycles. The number of hydrogen-bond donors (Lipinski definition) is 0. The van der Waals surface area contributed by atoms with E-state index in [1.54, 1.807) is 43.1 Å². The van der Waals surface area contributed by atoms with E-state index in [1.807, 2.05) is 30.5 Å². The molecular formula is C16H16O3S. The van der Waals surface area contributed by atoms with Gasteiger partial charge in [0.25, 0.3) is 0 Å². The maximum Gasteiger partial charge on any atom is 0.200 e. The van der Waals surface area contributed by atoms with Crippen LogP contribution < -0.4 is 9.47 Å². The molecule has 0 bridgehead atoms. The first-order valence-electron chi connectivity index (χ1n) is 6.17. The van der Waals surface area contributed by atoms with Crippen LogP contribution in [0.15, 0.2) is 53.4 Å². The zero-order valence-electron chi connectivity index (χ0n) is 11.5. The van der Waals surface area contributed by atoms with E-state index >= 15 is 0 Å². The van der Waals surface area contributed by atoms with Crippen LogP contribution in [0.2, 0.25) is 0 Å². The Kier molecular flexibility index (Phi) is 5.07. The minimum Gasteiger partial charge on any atom is -0.497 e. The molecule has 104 valence electrons. The summed E-state index contributed by atoms with van der Waals surface area (Å²) in [6, 6.07) is 14.7. The molecule has 0 radical (unpaired) electrons. The number of thioether (sulfide) groups is 1. The molecule has 0 atom stereocenters. The van der Waals surface area contributed by atoms with Gasteiger partial charge in [0, 0.05) is 10.5 Å². The van der Waals surface area contributed by atoms with Gasteiger partial charge < -0.3 is 9.47 Å². The number of ketones is 1. The third-order valence-corrected chi connectivity index (χ3v) is 3.58.